The molecule has 0 aromatic carbocycles. The van der Waals surface area contributed by atoms with Gasteiger partial charge in [0.25, 0.3) is 0 Å². The molecule has 0 aliphatic carbocycles. The first-order valence-electron chi connectivity index (χ1n) is 3.72. The van der Waals surface area contributed by atoms with E-state index < -0.39 is 18.5 Å². The molecular formula is C7H11BF3KO2. The summed E-state index contributed by atoms with van der Waals surface area (Å²) >= 11 is 0. The molecule has 0 radical (unpaired) electrons. The number of carbonyl (C=O) groups excluding carboxylic acids is 1. The van der Waals surface area contributed by atoms with Crippen LogP contribution >= 0.6 is 0 Å². The first-order chi connectivity index (χ1) is 5.60. The molecule has 7 heteroatoms. The van der Waals surface area contributed by atoms with Gasteiger partial charge in [0.1, 0.15) is 5.60 Å². The summed E-state index contributed by atoms with van der Waals surface area (Å²) in [5, 5.41) is 0. The van der Waals surface area contributed by atoms with Crippen LogP contribution in [0.15, 0.2) is 12.1 Å². The van der Waals surface area contributed by atoms with E-state index in [0.717, 1.165) is 0 Å². The summed E-state index contributed by atoms with van der Waals surface area (Å²) in [4.78, 5) is 10.7. The number of hydrogen-bond donors (Lipinski definition) is 0. The number of rotatable bonds is 2. The quantitative estimate of drug-likeness (QED) is 0.358. The maximum atomic E-state index is 11.6. The van der Waals surface area contributed by atoms with Crippen LogP contribution in [0.4, 0.5) is 12.9 Å². The zero-order valence-corrected chi connectivity index (χ0v) is 11.8. The molecule has 0 aromatic heterocycles. The molecule has 2 nitrogen and oxygen atoms in total. The Kier molecular flexibility index (Phi) is 7.72. The molecule has 0 aromatic rings. The average Bonchev–Trinajstić information content (AvgIpc) is 1.78. The van der Waals surface area contributed by atoms with Gasteiger partial charge in [-0.1, -0.05) is 0 Å². The van der Waals surface area contributed by atoms with Crippen molar-refractivity contribution in [2.45, 2.75) is 26.4 Å². The van der Waals surface area contributed by atoms with E-state index in [2.05, 4.69) is 4.74 Å². The van der Waals surface area contributed by atoms with E-state index in [-0.39, 0.29) is 57.4 Å². The number of carbonyl (C=O) groups is 1. The van der Waals surface area contributed by atoms with Crippen LogP contribution in [0.25, 0.3) is 0 Å². The third-order valence-corrected chi connectivity index (χ3v) is 0.857. The molecule has 14 heavy (non-hydrogen) atoms. The molecule has 0 atom stereocenters. The molecule has 0 amide bonds. The Morgan fingerprint density at radius 3 is 2.00 bits per heavy atom. The van der Waals surface area contributed by atoms with E-state index in [0.29, 0.717) is 6.08 Å². The predicted octanol–water partition coefficient (Wildman–Crippen LogP) is -0.725. The van der Waals surface area contributed by atoms with E-state index in [4.69, 9.17) is 0 Å². The van der Waals surface area contributed by atoms with Gasteiger partial charge in [0.05, 0.1) is 0 Å². The van der Waals surface area contributed by atoms with Gasteiger partial charge in [-0.05, 0) is 26.8 Å². The largest absolute Gasteiger partial charge is 1.00 e. The Labute approximate surface area is 124 Å². The van der Waals surface area contributed by atoms with Gasteiger partial charge >= 0.3 is 64.3 Å². The molecular weight excluding hydrogens is 223 g/mol. The normalized spacial score (nSPS) is 12.4. The van der Waals surface area contributed by atoms with Crippen molar-refractivity contribution >= 4 is 12.9 Å². The molecule has 0 rings (SSSR count). The minimum Gasteiger partial charge on any atom is -0.457 e. The zero-order chi connectivity index (χ0) is 10.7. The van der Waals surface area contributed by atoms with Crippen LogP contribution in [0.2, 0.25) is 0 Å². The van der Waals surface area contributed by atoms with Crippen LogP contribution in [0.1, 0.15) is 20.8 Å². The Balaban J connectivity index is 0. The first-order valence-corrected chi connectivity index (χ1v) is 3.72. The van der Waals surface area contributed by atoms with Crippen LogP contribution in [-0.2, 0) is 9.53 Å². The maximum Gasteiger partial charge on any atom is 1.00 e. The molecule has 0 bridgehead atoms. The first kappa shape index (κ1) is 17.1. The summed E-state index contributed by atoms with van der Waals surface area (Å²) in [6.45, 7) is -0.318. The summed E-state index contributed by atoms with van der Waals surface area (Å²) in [6, 6.07) is 0. The minimum absolute atomic E-state index is 0. The van der Waals surface area contributed by atoms with E-state index in [1.54, 1.807) is 20.8 Å². The third-order valence-electron chi connectivity index (χ3n) is 0.857. The van der Waals surface area contributed by atoms with Crippen LogP contribution < -0.4 is 51.4 Å². The molecule has 0 N–H and O–H groups in total. The van der Waals surface area contributed by atoms with E-state index in [9.17, 15) is 17.7 Å². The van der Waals surface area contributed by atoms with Crippen LogP contribution in [-0.4, -0.2) is 18.5 Å². The molecule has 0 unspecified atom stereocenters. The Bertz CT molecular complexity index is 220. The van der Waals surface area contributed by atoms with Gasteiger partial charge in [0.2, 0.25) is 0 Å². The topological polar surface area (TPSA) is 26.3 Å². The predicted molar refractivity (Wildman–Crippen MR) is 44.1 cm³/mol. The van der Waals surface area contributed by atoms with Crippen molar-refractivity contribution in [3.63, 3.8) is 0 Å². The second-order valence-corrected chi connectivity index (χ2v) is 3.52. The fourth-order valence-electron chi connectivity index (χ4n) is 0.523. The molecule has 0 spiro atoms. The Morgan fingerprint density at radius 2 is 1.71 bits per heavy atom. The van der Waals surface area contributed by atoms with E-state index >= 15 is 0 Å². The monoisotopic (exact) mass is 234 g/mol. The van der Waals surface area contributed by atoms with Gasteiger partial charge < -0.3 is 17.7 Å². The number of hydrogen-bond acceptors (Lipinski definition) is 2. The van der Waals surface area contributed by atoms with Crippen LogP contribution in [0.3, 0.4) is 0 Å². The van der Waals surface area contributed by atoms with Gasteiger partial charge in [-0.2, -0.15) is 0 Å². The number of halogens is 3. The second-order valence-electron chi connectivity index (χ2n) is 3.52. The van der Waals surface area contributed by atoms with E-state index in [1.807, 2.05) is 0 Å². The Hall–Kier alpha value is 0.701. The fraction of sp³-hybridized carbons (Fsp3) is 0.571. The van der Waals surface area contributed by atoms with Crippen molar-refractivity contribution in [1.82, 2.24) is 0 Å². The summed E-state index contributed by atoms with van der Waals surface area (Å²) in [7, 11) is 0. The second kappa shape index (κ2) is 6.32. The number of esters is 1. The summed E-state index contributed by atoms with van der Waals surface area (Å²) in [6.07, 6.45) is 0.394. The minimum atomic E-state index is -5.06. The van der Waals surface area contributed by atoms with Crippen LogP contribution in [0, 0.1) is 0 Å². The SMILES string of the molecule is CC(C)(C)OC(=O)/C=C/[B-](F)(F)F.[K+]. The van der Waals surface area contributed by atoms with E-state index in [1.165, 1.54) is 0 Å². The van der Waals surface area contributed by atoms with Gasteiger partial charge in [0.15, 0.2) is 0 Å². The van der Waals surface area contributed by atoms with Crippen molar-refractivity contribution < 1.29 is 73.9 Å². The molecule has 0 aliphatic rings. The van der Waals surface area contributed by atoms with Crippen molar-refractivity contribution in [3.8, 4) is 0 Å². The van der Waals surface area contributed by atoms with Gasteiger partial charge in [-0.25, -0.2) is 4.79 Å². The van der Waals surface area contributed by atoms with Gasteiger partial charge in [-0.3, -0.25) is 0 Å². The molecule has 0 fully saturated rings. The standard InChI is InChI=1S/C7H11BF3O2.K/c1-7(2,3)13-6(12)4-5-8(9,10)11;/h4-5H,1-3H3;/q-1;+1/b5-4+;. The number of ether oxygens (including phenoxy) is 1. The average molecular weight is 234 g/mol. The molecule has 0 heterocycles. The van der Waals surface area contributed by atoms with Crippen molar-refractivity contribution in [2.75, 3.05) is 0 Å². The summed E-state index contributed by atoms with van der Waals surface area (Å²) < 4.78 is 39.5. The molecule has 76 valence electrons. The maximum absolute atomic E-state index is 11.6. The van der Waals surface area contributed by atoms with Crippen molar-refractivity contribution in [3.05, 3.63) is 12.1 Å². The molecule has 0 saturated carbocycles. The smallest absolute Gasteiger partial charge is 0.457 e. The van der Waals surface area contributed by atoms with Gasteiger partial charge in [0, 0.05) is 0 Å². The molecule has 0 aliphatic heterocycles. The van der Waals surface area contributed by atoms with Crippen LogP contribution in [0.5, 0.6) is 0 Å². The zero-order valence-electron chi connectivity index (χ0n) is 8.68. The summed E-state index contributed by atoms with van der Waals surface area (Å²) in [5.74, 6) is -1.07. The van der Waals surface area contributed by atoms with Crippen molar-refractivity contribution in [2.24, 2.45) is 0 Å². The fourth-order valence-corrected chi connectivity index (χ4v) is 0.523. The van der Waals surface area contributed by atoms with Gasteiger partial charge in [-0.15, -0.1) is 5.98 Å². The Morgan fingerprint density at radius 1 is 1.29 bits per heavy atom. The third kappa shape index (κ3) is 12.7. The van der Waals surface area contributed by atoms with Crippen molar-refractivity contribution in [1.29, 1.82) is 0 Å². The molecule has 0 saturated heterocycles. The summed E-state index contributed by atoms with van der Waals surface area (Å²) in [5.41, 5.74) is -0.764.